The molecule has 1 heterocycles. The van der Waals surface area contributed by atoms with Gasteiger partial charge in [0.2, 0.25) is 0 Å². The van der Waals surface area contributed by atoms with Crippen LogP contribution in [0.25, 0.3) is 0 Å². The zero-order valence-corrected chi connectivity index (χ0v) is 10.7. The molecule has 1 aromatic rings. The summed E-state index contributed by atoms with van der Waals surface area (Å²) in [6, 6.07) is 10.4. The van der Waals surface area contributed by atoms with E-state index in [4.69, 9.17) is 9.84 Å². The molecule has 0 fully saturated rings. The lowest BCUT2D eigenvalue weighted by Crippen LogP contribution is -2.30. The van der Waals surface area contributed by atoms with E-state index in [9.17, 15) is 0 Å². The molecule has 0 saturated carbocycles. The summed E-state index contributed by atoms with van der Waals surface area (Å²) < 4.78 is 5.45. The van der Waals surface area contributed by atoms with Crippen molar-refractivity contribution >= 4 is 0 Å². The fraction of sp³-hybridized carbons (Fsp3) is 0.467. The van der Waals surface area contributed by atoms with Crippen molar-refractivity contribution < 1.29 is 9.84 Å². The van der Waals surface area contributed by atoms with Crippen molar-refractivity contribution in [2.75, 3.05) is 32.9 Å². The molecular weight excluding hydrogens is 226 g/mol. The zero-order chi connectivity index (χ0) is 12.6. The van der Waals surface area contributed by atoms with E-state index in [1.165, 1.54) is 11.1 Å². The van der Waals surface area contributed by atoms with Crippen molar-refractivity contribution in [2.45, 2.75) is 13.0 Å². The highest BCUT2D eigenvalue weighted by Gasteiger charge is 2.10. The summed E-state index contributed by atoms with van der Waals surface area (Å²) in [6.07, 6.45) is 3.27. The van der Waals surface area contributed by atoms with Gasteiger partial charge in [0.05, 0.1) is 19.8 Å². The third-order valence-corrected chi connectivity index (χ3v) is 3.07. The second kappa shape index (κ2) is 7.31. The van der Waals surface area contributed by atoms with Gasteiger partial charge in [0.15, 0.2) is 0 Å². The van der Waals surface area contributed by atoms with Gasteiger partial charge in [0, 0.05) is 19.6 Å². The van der Waals surface area contributed by atoms with Gasteiger partial charge in [-0.05, 0) is 17.6 Å². The van der Waals surface area contributed by atoms with Gasteiger partial charge < -0.3 is 9.84 Å². The van der Waals surface area contributed by atoms with Crippen LogP contribution in [-0.4, -0.2) is 42.9 Å². The first kappa shape index (κ1) is 13.3. The van der Waals surface area contributed by atoms with Crippen LogP contribution >= 0.6 is 0 Å². The van der Waals surface area contributed by atoms with Crippen LogP contribution in [0.5, 0.6) is 0 Å². The summed E-state index contributed by atoms with van der Waals surface area (Å²) >= 11 is 0. The molecule has 0 radical (unpaired) electrons. The molecular formula is C15H21NO2. The fourth-order valence-corrected chi connectivity index (χ4v) is 2.20. The third-order valence-electron chi connectivity index (χ3n) is 3.07. The predicted molar refractivity (Wildman–Crippen MR) is 72.3 cm³/mol. The lowest BCUT2D eigenvalue weighted by molar-refractivity contribution is 0.136. The Hall–Kier alpha value is -1.16. The molecule has 2 rings (SSSR count). The number of ether oxygens (including phenoxy) is 1. The van der Waals surface area contributed by atoms with E-state index in [-0.39, 0.29) is 6.61 Å². The molecule has 0 amide bonds. The topological polar surface area (TPSA) is 32.7 Å². The van der Waals surface area contributed by atoms with Crippen LogP contribution in [0, 0.1) is 0 Å². The number of rotatable bonds is 6. The van der Waals surface area contributed by atoms with Gasteiger partial charge in [0.1, 0.15) is 0 Å². The van der Waals surface area contributed by atoms with Gasteiger partial charge >= 0.3 is 0 Å². The van der Waals surface area contributed by atoms with Crippen molar-refractivity contribution in [3.63, 3.8) is 0 Å². The molecule has 0 unspecified atom stereocenters. The summed E-state index contributed by atoms with van der Waals surface area (Å²) in [5, 5.41) is 9.15. The Morgan fingerprint density at radius 1 is 1.17 bits per heavy atom. The van der Waals surface area contributed by atoms with Crippen LogP contribution in [0.15, 0.2) is 42.0 Å². The summed E-state index contributed by atoms with van der Waals surface area (Å²) in [5.74, 6) is 0. The highest BCUT2D eigenvalue weighted by Crippen LogP contribution is 2.10. The lowest BCUT2D eigenvalue weighted by Gasteiger charge is -2.24. The van der Waals surface area contributed by atoms with E-state index < -0.39 is 0 Å². The SMILES string of the molecule is OCCN(CC1=CCCOC1)Cc1ccccc1. The van der Waals surface area contributed by atoms with Crippen molar-refractivity contribution in [1.29, 1.82) is 0 Å². The van der Waals surface area contributed by atoms with Crippen LogP contribution in [0.4, 0.5) is 0 Å². The number of aliphatic hydroxyl groups excluding tert-OH is 1. The number of nitrogens with zero attached hydrogens (tertiary/aromatic N) is 1. The number of aliphatic hydroxyl groups is 1. The van der Waals surface area contributed by atoms with E-state index >= 15 is 0 Å². The standard InChI is InChI=1S/C15H21NO2/c17-9-8-16(11-14-5-2-1-3-6-14)12-15-7-4-10-18-13-15/h1-3,5-7,17H,4,8-13H2. The van der Waals surface area contributed by atoms with Gasteiger partial charge in [-0.15, -0.1) is 0 Å². The van der Waals surface area contributed by atoms with Gasteiger partial charge in [0.25, 0.3) is 0 Å². The molecule has 0 atom stereocenters. The van der Waals surface area contributed by atoms with E-state index in [0.29, 0.717) is 6.54 Å². The summed E-state index contributed by atoms with van der Waals surface area (Å²) in [4.78, 5) is 2.26. The molecule has 0 aliphatic carbocycles. The molecule has 1 aliphatic rings. The van der Waals surface area contributed by atoms with Gasteiger partial charge in [-0.2, -0.15) is 0 Å². The highest BCUT2D eigenvalue weighted by molar-refractivity contribution is 5.15. The van der Waals surface area contributed by atoms with Gasteiger partial charge in [-0.1, -0.05) is 36.4 Å². The highest BCUT2D eigenvalue weighted by atomic mass is 16.5. The first-order chi connectivity index (χ1) is 8.88. The fourth-order valence-electron chi connectivity index (χ4n) is 2.20. The monoisotopic (exact) mass is 247 g/mol. The molecule has 18 heavy (non-hydrogen) atoms. The van der Waals surface area contributed by atoms with Crippen molar-refractivity contribution in [3.8, 4) is 0 Å². The van der Waals surface area contributed by atoms with Crippen LogP contribution < -0.4 is 0 Å². The number of benzene rings is 1. The van der Waals surface area contributed by atoms with Crippen LogP contribution in [0.3, 0.4) is 0 Å². The smallest absolute Gasteiger partial charge is 0.0689 e. The molecule has 1 N–H and O–H groups in total. The van der Waals surface area contributed by atoms with Crippen LogP contribution in [0.1, 0.15) is 12.0 Å². The minimum Gasteiger partial charge on any atom is -0.395 e. The van der Waals surface area contributed by atoms with E-state index in [0.717, 1.165) is 32.7 Å². The molecule has 0 bridgehead atoms. The second-order valence-electron chi connectivity index (χ2n) is 4.62. The Labute approximate surface area is 109 Å². The summed E-state index contributed by atoms with van der Waals surface area (Å²) in [7, 11) is 0. The average Bonchev–Trinajstić information content (AvgIpc) is 2.41. The second-order valence-corrected chi connectivity index (χ2v) is 4.62. The molecule has 3 heteroatoms. The van der Waals surface area contributed by atoms with Crippen LogP contribution in [0.2, 0.25) is 0 Å². The first-order valence-corrected chi connectivity index (χ1v) is 6.51. The molecule has 0 spiro atoms. The minimum atomic E-state index is 0.195. The summed E-state index contributed by atoms with van der Waals surface area (Å²) in [6.45, 7) is 4.22. The van der Waals surface area contributed by atoms with E-state index in [1.807, 2.05) is 6.07 Å². The number of hydrogen-bond donors (Lipinski definition) is 1. The van der Waals surface area contributed by atoms with Gasteiger partial charge in [-0.3, -0.25) is 4.90 Å². The van der Waals surface area contributed by atoms with E-state index in [2.05, 4.69) is 35.2 Å². The summed E-state index contributed by atoms with van der Waals surface area (Å²) in [5.41, 5.74) is 2.61. The van der Waals surface area contributed by atoms with Crippen molar-refractivity contribution in [3.05, 3.63) is 47.5 Å². The number of hydrogen-bond acceptors (Lipinski definition) is 3. The molecule has 0 aromatic heterocycles. The minimum absolute atomic E-state index is 0.195. The first-order valence-electron chi connectivity index (χ1n) is 6.51. The Bertz CT molecular complexity index is 375. The molecule has 1 aromatic carbocycles. The van der Waals surface area contributed by atoms with Crippen molar-refractivity contribution in [1.82, 2.24) is 4.90 Å². The maximum Gasteiger partial charge on any atom is 0.0689 e. The molecule has 1 aliphatic heterocycles. The van der Waals surface area contributed by atoms with Crippen molar-refractivity contribution in [2.24, 2.45) is 0 Å². The lowest BCUT2D eigenvalue weighted by atomic mass is 10.1. The van der Waals surface area contributed by atoms with Gasteiger partial charge in [-0.25, -0.2) is 0 Å². The third kappa shape index (κ3) is 4.26. The molecule has 0 saturated heterocycles. The van der Waals surface area contributed by atoms with E-state index in [1.54, 1.807) is 0 Å². The molecule has 3 nitrogen and oxygen atoms in total. The average molecular weight is 247 g/mol. The zero-order valence-electron chi connectivity index (χ0n) is 10.7. The maximum atomic E-state index is 9.15. The van der Waals surface area contributed by atoms with Crippen LogP contribution in [-0.2, 0) is 11.3 Å². The quantitative estimate of drug-likeness (QED) is 0.778. The Kier molecular flexibility index (Phi) is 5.39. The normalized spacial score (nSPS) is 15.8. The maximum absolute atomic E-state index is 9.15. The largest absolute Gasteiger partial charge is 0.395 e. The Balaban J connectivity index is 1.93. The molecule has 98 valence electrons. The predicted octanol–water partition coefficient (Wildman–Crippen LogP) is 1.83. The Morgan fingerprint density at radius 3 is 2.67 bits per heavy atom. The Morgan fingerprint density at radius 2 is 2.00 bits per heavy atom.